The lowest BCUT2D eigenvalue weighted by Crippen LogP contribution is -2.74. The van der Waals surface area contributed by atoms with Crippen LogP contribution >= 0.6 is 0 Å². The molecule has 0 aliphatic carbocycles. The van der Waals surface area contributed by atoms with E-state index in [1.807, 2.05) is 0 Å². The molecule has 0 amide bonds. The largest absolute Gasteiger partial charge is 0.309 e. The molecule has 13 aromatic carbocycles. The average molecular weight is 1060 g/mol. The SMILES string of the molecule is c1ccc(-c2cccc(-n3c4ccccc4c4cc(-n5c6ccc(-n7c8ccc(-c9ccccc9)cc8c8cc(-c9ccccc9)ccc87)cc6c6cc([Si](c7ccccc7)(c7ccccc7)c7ccccc7)ccc65)ccc43)c2)cc1. The Morgan fingerprint density at radius 2 is 0.488 bits per heavy atom. The van der Waals surface area contributed by atoms with Gasteiger partial charge in [-0.1, -0.05) is 237 Å². The lowest BCUT2D eigenvalue weighted by atomic mass is 10.0. The summed E-state index contributed by atoms with van der Waals surface area (Å²) in [6, 6.07) is 120. The third-order valence-electron chi connectivity index (χ3n) is 17.2. The second-order valence-corrected chi connectivity index (χ2v) is 25.4. The third kappa shape index (κ3) is 7.57. The van der Waals surface area contributed by atoms with Crippen molar-refractivity contribution >= 4 is 94.2 Å². The Kier molecular flexibility index (Phi) is 11.2. The molecule has 4 heteroatoms. The summed E-state index contributed by atoms with van der Waals surface area (Å²) in [7, 11) is -2.92. The first-order valence-corrected chi connectivity index (χ1v) is 30.3. The van der Waals surface area contributed by atoms with Crippen molar-refractivity contribution in [3.8, 4) is 50.4 Å². The fourth-order valence-electron chi connectivity index (χ4n) is 13.5. The van der Waals surface area contributed by atoms with E-state index in [9.17, 15) is 0 Å². The summed E-state index contributed by atoms with van der Waals surface area (Å²) < 4.78 is 7.44. The van der Waals surface area contributed by atoms with Crippen molar-refractivity contribution in [2.45, 2.75) is 0 Å². The van der Waals surface area contributed by atoms with Crippen LogP contribution in [0.4, 0.5) is 0 Å². The Hall–Kier alpha value is -10.5. The molecule has 3 heterocycles. The lowest BCUT2D eigenvalue weighted by molar-refractivity contribution is 1.16. The average Bonchev–Trinajstić information content (AvgIpc) is 4.11. The van der Waals surface area contributed by atoms with Gasteiger partial charge in [0, 0.05) is 49.4 Å². The minimum Gasteiger partial charge on any atom is -0.309 e. The van der Waals surface area contributed by atoms with E-state index in [1.165, 1.54) is 109 Å². The fourth-order valence-corrected chi connectivity index (χ4v) is 18.3. The van der Waals surface area contributed by atoms with E-state index in [-0.39, 0.29) is 0 Å². The summed E-state index contributed by atoms with van der Waals surface area (Å²) in [5, 5.41) is 12.7. The van der Waals surface area contributed by atoms with Crippen molar-refractivity contribution in [3.63, 3.8) is 0 Å². The molecule has 0 radical (unpaired) electrons. The summed E-state index contributed by atoms with van der Waals surface area (Å²) in [6.45, 7) is 0. The van der Waals surface area contributed by atoms with Gasteiger partial charge in [0.1, 0.15) is 0 Å². The fraction of sp³-hybridized carbons (Fsp3) is 0. The Balaban J connectivity index is 0.965. The minimum atomic E-state index is -2.92. The topological polar surface area (TPSA) is 14.8 Å². The van der Waals surface area contributed by atoms with Crippen LogP contribution < -0.4 is 20.7 Å². The maximum Gasteiger partial charge on any atom is 0.179 e. The first kappa shape index (κ1) is 47.5. The molecule has 0 saturated carbocycles. The normalized spacial score (nSPS) is 11.9. The summed E-state index contributed by atoms with van der Waals surface area (Å²) >= 11 is 0. The Labute approximate surface area is 477 Å². The predicted octanol–water partition coefficient (Wildman–Crippen LogP) is 17.4. The molecule has 384 valence electrons. The Bertz CT molecular complexity index is 4870. The molecule has 0 atom stereocenters. The van der Waals surface area contributed by atoms with Gasteiger partial charge in [-0.25, -0.2) is 0 Å². The van der Waals surface area contributed by atoms with Crippen LogP contribution in [0.15, 0.2) is 322 Å². The van der Waals surface area contributed by atoms with Gasteiger partial charge in [-0.15, -0.1) is 0 Å². The van der Waals surface area contributed by atoms with Crippen molar-refractivity contribution in [1.82, 2.24) is 13.7 Å². The van der Waals surface area contributed by atoms with Gasteiger partial charge >= 0.3 is 0 Å². The van der Waals surface area contributed by atoms with Gasteiger partial charge in [0.05, 0.1) is 33.1 Å². The minimum absolute atomic E-state index is 1.12. The molecular formula is C78H53N3Si. The number of nitrogens with zero attached hydrogens (tertiary/aromatic N) is 3. The van der Waals surface area contributed by atoms with Gasteiger partial charge in [0.25, 0.3) is 0 Å². The van der Waals surface area contributed by atoms with Crippen LogP contribution in [0, 0.1) is 0 Å². The molecule has 82 heavy (non-hydrogen) atoms. The summed E-state index contributed by atoms with van der Waals surface area (Å²) in [4.78, 5) is 0. The molecule has 16 aromatic rings. The standard InChI is InChI=1S/C78H53N3Si/c1-7-22-54(23-8-1)57-28-21-29-60(48-57)79-73-37-20-19-36-67(73)70-51-61(40-45-76(70)79)81-77-46-41-62(80-74-43-38-58(55-24-9-2-10-25-55)49-68(74)69-50-59(39-44-75(69)80)56-26-11-3-12-27-56)52-71(77)72-53-66(42-47-78(72)81)82(63-30-13-4-14-31-63,64-32-15-5-16-33-64)65-34-17-6-18-35-65/h1-53H. The maximum absolute atomic E-state index is 2.92. The van der Waals surface area contributed by atoms with Crippen molar-refractivity contribution in [1.29, 1.82) is 0 Å². The third-order valence-corrected chi connectivity index (χ3v) is 21.9. The molecule has 0 spiro atoms. The van der Waals surface area contributed by atoms with Crippen LogP contribution in [0.1, 0.15) is 0 Å². The number of rotatable bonds is 10. The summed E-state index contributed by atoms with van der Waals surface area (Å²) in [6.07, 6.45) is 0. The van der Waals surface area contributed by atoms with Gasteiger partial charge in [-0.3, -0.25) is 0 Å². The monoisotopic (exact) mass is 1060 g/mol. The summed E-state index contributed by atoms with van der Waals surface area (Å²) in [5.41, 5.74) is 17.6. The highest BCUT2D eigenvalue weighted by atomic mass is 28.3. The van der Waals surface area contributed by atoms with Crippen molar-refractivity contribution in [3.05, 3.63) is 322 Å². The van der Waals surface area contributed by atoms with E-state index < -0.39 is 8.07 Å². The van der Waals surface area contributed by atoms with Gasteiger partial charge in [-0.2, -0.15) is 0 Å². The molecule has 0 aliphatic rings. The van der Waals surface area contributed by atoms with Crippen LogP contribution in [-0.4, -0.2) is 21.8 Å². The highest BCUT2D eigenvalue weighted by Crippen LogP contribution is 2.41. The molecule has 0 saturated heterocycles. The zero-order chi connectivity index (χ0) is 54.1. The van der Waals surface area contributed by atoms with Crippen molar-refractivity contribution in [2.24, 2.45) is 0 Å². The molecule has 16 rings (SSSR count). The smallest absolute Gasteiger partial charge is 0.179 e. The van der Waals surface area contributed by atoms with Crippen LogP contribution in [0.3, 0.4) is 0 Å². The molecule has 0 unspecified atom stereocenters. The number of aromatic nitrogens is 3. The first-order valence-electron chi connectivity index (χ1n) is 28.3. The lowest BCUT2D eigenvalue weighted by Gasteiger charge is -2.34. The Morgan fingerprint density at radius 3 is 0.951 bits per heavy atom. The van der Waals surface area contributed by atoms with Crippen LogP contribution in [0.25, 0.3) is 116 Å². The van der Waals surface area contributed by atoms with E-state index in [0.29, 0.717) is 0 Å². The molecule has 0 fully saturated rings. The molecule has 0 aliphatic heterocycles. The van der Waals surface area contributed by atoms with Crippen molar-refractivity contribution < 1.29 is 0 Å². The number of fused-ring (bicyclic) bond motifs is 9. The molecule has 3 nitrogen and oxygen atoms in total. The van der Waals surface area contributed by atoms with E-state index in [0.717, 1.165) is 28.1 Å². The highest BCUT2D eigenvalue weighted by Gasteiger charge is 2.41. The van der Waals surface area contributed by atoms with Crippen LogP contribution in [-0.2, 0) is 0 Å². The molecule has 0 bridgehead atoms. The van der Waals surface area contributed by atoms with Crippen molar-refractivity contribution in [2.75, 3.05) is 0 Å². The van der Waals surface area contributed by atoms with E-state index in [2.05, 4.69) is 335 Å². The highest BCUT2D eigenvalue weighted by molar-refractivity contribution is 7.20. The van der Waals surface area contributed by atoms with E-state index in [4.69, 9.17) is 0 Å². The van der Waals surface area contributed by atoms with Gasteiger partial charge < -0.3 is 13.7 Å². The number of benzene rings is 13. The first-order chi connectivity index (χ1) is 40.7. The maximum atomic E-state index is 2.56. The zero-order valence-electron chi connectivity index (χ0n) is 44.9. The van der Waals surface area contributed by atoms with Crippen LogP contribution in [0.5, 0.6) is 0 Å². The number of hydrogen-bond acceptors (Lipinski definition) is 0. The number of para-hydroxylation sites is 1. The predicted molar refractivity (Wildman–Crippen MR) is 349 cm³/mol. The second kappa shape index (κ2) is 19.4. The quantitative estimate of drug-likeness (QED) is 0.0958. The molecule has 0 N–H and O–H groups in total. The summed E-state index contributed by atoms with van der Waals surface area (Å²) in [5.74, 6) is 0. The Morgan fingerprint density at radius 1 is 0.171 bits per heavy atom. The second-order valence-electron chi connectivity index (χ2n) is 21.6. The molecular weight excluding hydrogens is 1010 g/mol. The van der Waals surface area contributed by atoms with Gasteiger partial charge in [0.15, 0.2) is 8.07 Å². The van der Waals surface area contributed by atoms with Gasteiger partial charge in [0.2, 0.25) is 0 Å². The van der Waals surface area contributed by atoms with Crippen LogP contribution in [0.2, 0.25) is 0 Å². The van der Waals surface area contributed by atoms with E-state index >= 15 is 0 Å². The van der Waals surface area contributed by atoms with E-state index in [1.54, 1.807) is 0 Å². The molecule has 3 aromatic heterocycles. The van der Waals surface area contributed by atoms with Gasteiger partial charge in [-0.05, 0) is 139 Å². The zero-order valence-corrected chi connectivity index (χ0v) is 45.9. The number of hydrogen-bond donors (Lipinski definition) is 0.